The van der Waals surface area contributed by atoms with E-state index in [0.717, 1.165) is 30.9 Å². The summed E-state index contributed by atoms with van der Waals surface area (Å²) >= 11 is 0. The number of hydrogen-bond acceptors (Lipinski definition) is 3. The maximum atomic E-state index is 9.13. The molecule has 21 heavy (non-hydrogen) atoms. The molecule has 0 bridgehead atoms. The van der Waals surface area contributed by atoms with Gasteiger partial charge in [-0.25, -0.2) is 0 Å². The van der Waals surface area contributed by atoms with Gasteiger partial charge in [-0.1, -0.05) is 30.3 Å². The van der Waals surface area contributed by atoms with E-state index in [-0.39, 0.29) is 6.61 Å². The normalized spacial score (nSPS) is 19.8. The molecule has 4 nitrogen and oxygen atoms in total. The van der Waals surface area contributed by atoms with Gasteiger partial charge in [0.25, 0.3) is 0 Å². The van der Waals surface area contributed by atoms with Crippen LogP contribution in [0.25, 0.3) is 0 Å². The highest BCUT2D eigenvalue weighted by molar-refractivity contribution is 5.16. The van der Waals surface area contributed by atoms with Crippen LogP contribution in [-0.4, -0.2) is 39.8 Å². The lowest BCUT2D eigenvalue weighted by molar-refractivity contribution is 0.208. The van der Waals surface area contributed by atoms with E-state index in [1.54, 1.807) is 0 Å². The molecule has 0 aliphatic carbocycles. The summed E-state index contributed by atoms with van der Waals surface area (Å²) in [6, 6.07) is 12.7. The molecule has 1 atom stereocenters. The molecule has 2 N–H and O–H groups in total. The Morgan fingerprint density at radius 2 is 2.14 bits per heavy atom. The first-order chi connectivity index (χ1) is 10.3. The van der Waals surface area contributed by atoms with Gasteiger partial charge in [-0.3, -0.25) is 5.10 Å². The topological polar surface area (TPSA) is 52.1 Å². The standard InChI is InChI=1S/C17H23N3O/c21-13-16-11-17(19-18-16)15-7-4-9-20(12-15)10-8-14-5-2-1-3-6-14/h1-3,5-6,11,15,21H,4,7-10,12-13H2,(H,18,19)/t15-/m1/s1. The number of hydrogen-bond donors (Lipinski definition) is 2. The van der Waals surface area contributed by atoms with Gasteiger partial charge in [0.05, 0.1) is 18.0 Å². The minimum absolute atomic E-state index is 0.0391. The van der Waals surface area contributed by atoms with Crippen LogP contribution in [0.1, 0.15) is 35.7 Å². The van der Waals surface area contributed by atoms with Crippen molar-refractivity contribution in [1.29, 1.82) is 0 Å². The van der Waals surface area contributed by atoms with Crippen LogP contribution in [0.5, 0.6) is 0 Å². The molecule has 0 unspecified atom stereocenters. The summed E-state index contributed by atoms with van der Waals surface area (Å²) in [6.07, 6.45) is 3.52. The summed E-state index contributed by atoms with van der Waals surface area (Å²) in [5.74, 6) is 0.492. The molecule has 0 amide bonds. The van der Waals surface area contributed by atoms with Gasteiger partial charge in [-0.2, -0.15) is 5.10 Å². The third-order valence-corrected chi connectivity index (χ3v) is 4.30. The van der Waals surface area contributed by atoms with Gasteiger partial charge in [0, 0.05) is 19.0 Å². The molecule has 0 radical (unpaired) electrons. The number of likely N-dealkylation sites (tertiary alicyclic amines) is 1. The number of aliphatic hydroxyl groups excluding tert-OH is 1. The van der Waals surface area contributed by atoms with E-state index in [4.69, 9.17) is 5.11 Å². The molecule has 1 aliphatic rings. The predicted octanol–water partition coefficient (Wildman–Crippen LogP) is 2.32. The van der Waals surface area contributed by atoms with Gasteiger partial charge in [0.15, 0.2) is 0 Å². The zero-order chi connectivity index (χ0) is 14.5. The number of nitrogens with one attached hydrogen (secondary N) is 1. The minimum atomic E-state index is 0.0391. The Labute approximate surface area is 125 Å². The molecule has 1 aromatic carbocycles. The first kappa shape index (κ1) is 14.3. The summed E-state index contributed by atoms with van der Waals surface area (Å²) < 4.78 is 0. The molecular weight excluding hydrogens is 262 g/mol. The molecule has 2 aromatic rings. The molecule has 1 aromatic heterocycles. The van der Waals surface area contributed by atoms with Crippen LogP contribution in [0.2, 0.25) is 0 Å². The summed E-state index contributed by atoms with van der Waals surface area (Å²) in [4.78, 5) is 2.54. The average Bonchev–Trinajstić information content (AvgIpc) is 3.03. The Bertz CT molecular complexity index is 552. The highest BCUT2D eigenvalue weighted by Gasteiger charge is 2.23. The fourth-order valence-corrected chi connectivity index (χ4v) is 3.10. The molecule has 0 saturated carbocycles. The number of aromatic amines is 1. The van der Waals surface area contributed by atoms with Crippen LogP contribution in [0.4, 0.5) is 0 Å². The molecule has 1 saturated heterocycles. The lowest BCUT2D eigenvalue weighted by Gasteiger charge is -2.31. The number of benzene rings is 1. The van der Waals surface area contributed by atoms with E-state index in [1.165, 1.54) is 24.9 Å². The second-order valence-electron chi connectivity index (χ2n) is 5.85. The lowest BCUT2D eigenvalue weighted by atomic mass is 9.94. The second kappa shape index (κ2) is 6.87. The van der Waals surface area contributed by atoms with Crippen LogP contribution in [0.3, 0.4) is 0 Å². The van der Waals surface area contributed by atoms with Gasteiger partial charge < -0.3 is 10.0 Å². The van der Waals surface area contributed by atoms with Crippen molar-refractivity contribution in [2.75, 3.05) is 19.6 Å². The van der Waals surface area contributed by atoms with E-state index in [0.29, 0.717) is 5.92 Å². The molecule has 0 spiro atoms. The van der Waals surface area contributed by atoms with Gasteiger partial charge in [0.2, 0.25) is 0 Å². The predicted molar refractivity (Wildman–Crippen MR) is 83.1 cm³/mol. The Morgan fingerprint density at radius 1 is 1.29 bits per heavy atom. The van der Waals surface area contributed by atoms with E-state index < -0.39 is 0 Å². The number of aromatic nitrogens is 2. The van der Waals surface area contributed by atoms with Crippen LogP contribution in [-0.2, 0) is 13.0 Å². The number of aliphatic hydroxyl groups is 1. The van der Waals surface area contributed by atoms with Gasteiger partial charge in [-0.15, -0.1) is 0 Å². The van der Waals surface area contributed by atoms with Crippen molar-refractivity contribution in [3.63, 3.8) is 0 Å². The van der Waals surface area contributed by atoms with Gasteiger partial charge >= 0.3 is 0 Å². The van der Waals surface area contributed by atoms with Crippen molar-refractivity contribution in [2.45, 2.75) is 31.8 Å². The first-order valence-electron chi connectivity index (χ1n) is 7.76. The Balaban J connectivity index is 1.55. The molecule has 2 heterocycles. The largest absolute Gasteiger partial charge is 0.390 e. The van der Waals surface area contributed by atoms with Crippen molar-refractivity contribution in [3.05, 3.63) is 53.3 Å². The Morgan fingerprint density at radius 3 is 2.90 bits per heavy atom. The quantitative estimate of drug-likeness (QED) is 0.886. The fourth-order valence-electron chi connectivity index (χ4n) is 3.10. The van der Waals surface area contributed by atoms with Crippen molar-refractivity contribution in [2.24, 2.45) is 0 Å². The van der Waals surface area contributed by atoms with E-state index in [9.17, 15) is 0 Å². The number of piperidine rings is 1. The SMILES string of the molecule is OCc1cc([C@@H]2CCCN(CCc3ccccc3)C2)n[nH]1. The molecule has 1 aliphatic heterocycles. The zero-order valence-electron chi connectivity index (χ0n) is 12.3. The lowest BCUT2D eigenvalue weighted by Crippen LogP contribution is -2.35. The van der Waals surface area contributed by atoms with Crippen LogP contribution in [0, 0.1) is 0 Å². The first-order valence-corrected chi connectivity index (χ1v) is 7.76. The van der Waals surface area contributed by atoms with E-state index in [1.807, 2.05) is 6.07 Å². The summed E-state index contributed by atoms with van der Waals surface area (Å²) in [5.41, 5.74) is 3.32. The third-order valence-electron chi connectivity index (χ3n) is 4.30. The van der Waals surface area contributed by atoms with Gasteiger partial charge in [-0.05, 0) is 37.4 Å². The van der Waals surface area contributed by atoms with Crippen molar-refractivity contribution >= 4 is 0 Å². The van der Waals surface area contributed by atoms with Crippen LogP contribution < -0.4 is 0 Å². The molecule has 1 fully saturated rings. The van der Waals surface area contributed by atoms with E-state index >= 15 is 0 Å². The van der Waals surface area contributed by atoms with Crippen LogP contribution >= 0.6 is 0 Å². The summed E-state index contributed by atoms with van der Waals surface area (Å²) in [7, 11) is 0. The van der Waals surface area contributed by atoms with E-state index in [2.05, 4.69) is 45.4 Å². The zero-order valence-corrected chi connectivity index (χ0v) is 12.3. The van der Waals surface area contributed by atoms with Crippen molar-refractivity contribution < 1.29 is 5.11 Å². The van der Waals surface area contributed by atoms with Crippen molar-refractivity contribution in [1.82, 2.24) is 15.1 Å². The molecule has 3 rings (SSSR count). The maximum Gasteiger partial charge on any atom is 0.0847 e. The minimum Gasteiger partial charge on any atom is -0.390 e. The number of H-pyrrole nitrogens is 1. The Hall–Kier alpha value is -1.65. The van der Waals surface area contributed by atoms with Gasteiger partial charge in [0.1, 0.15) is 0 Å². The fraction of sp³-hybridized carbons (Fsp3) is 0.471. The highest BCUT2D eigenvalue weighted by Crippen LogP contribution is 2.26. The molecular formula is C17H23N3O. The number of rotatable bonds is 5. The highest BCUT2D eigenvalue weighted by atomic mass is 16.3. The second-order valence-corrected chi connectivity index (χ2v) is 5.85. The monoisotopic (exact) mass is 285 g/mol. The molecule has 112 valence electrons. The maximum absolute atomic E-state index is 9.13. The average molecular weight is 285 g/mol. The summed E-state index contributed by atoms with van der Waals surface area (Å²) in [6.45, 7) is 3.40. The Kier molecular flexibility index (Phi) is 4.68. The van der Waals surface area contributed by atoms with Crippen LogP contribution in [0.15, 0.2) is 36.4 Å². The smallest absolute Gasteiger partial charge is 0.0847 e. The third kappa shape index (κ3) is 3.71. The number of nitrogens with zero attached hydrogens (tertiary/aromatic N) is 2. The van der Waals surface area contributed by atoms with Crippen molar-refractivity contribution in [3.8, 4) is 0 Å². The summed E-state index contributed by atoms with van der Waals surface area (Å²) in [5, 5.41) is 16.4. The molecule has 4 heteroatoms.